The number of nitrogens with zero attached hydrogens (tertiary/aromatic N) is 3. The largest absolute Gasteiger partial charge is 0.354 e. The van der Waals surface area contributed by atoms with Crippen LogP contribution >= 0.6 is 11.8 Å². The summed E-state index contributed by atoms with van der Waals surface area (Å²) in [5.41, 5.74) is 3.24. The number of aromatic nitrogens is 2. The number of anilines is 2. The Kier molecular flexibility index (Phi) is 6.33. The molecule has 1 atom stereocenters. The Hall–Kier alpha value is -2.86. The Balaban J connectivity index is 1.48. The first kappa shape index (κ1) is 20.4. The Bertz CT molecular complexity index is 1020. The average molecular weight is 419 g/mol. The average Bonchev–Trinajstić information content (AvgIpc) is 2.76. The smallest absolute Gasteiger partial charge is 0.229 e. The van der Waals surface area contributed by atoms with Crippen molar-refractivity contribution >= 4 is 29.2 Å². The fourth-order valence-electron chi connectivity index (χ4n) is 3.66. The van der Waals surface area contributed by atoms with Crippen molar-refractivity contribution in [2.75, 3.05) is 23.3 Å². The van der Waals surface area contributed by atoms with Gasteiger partial charge in [0.05, 0.1) is 5.92 Å². The SMILES string of the molecule is Cc1ccc(NC(=O)[C@@H]2CCCN(c3nccnc3Sc3cccc(C)c3)C2)cc1. The second-order valence-corrected chi connectivity index (χ2v) is 8.81. The lowest BCUT2D eigenvalue weighted by Crippen LogP contribution is -2.41. The van der Waals surface area contributed by atoms with Crippen LogP contribution in [0.1, 0.15) is 24.0 Å². The van der Waals surface area contributed by atoms with Gasteiger partial charge in [-0.05, 0) is 51.0 Å². The van der Waals surface area contributed by atoms with E-state index in [1.807, 2.05) is 31.2 Å². The van der Waals surface area contributed by atoms with Crippen molar-refractivity contribution in [3.05, 3.63) is 72.1 Å². The normalized spacial score (nSPS) is 16.3. The van der Waals surface area contributed by atoms with Crippen molar-refractivity contribution in [1.82, 2.24) is 9.97 Å². The Morgan fingerprint density at radius 3 is 2.67 bits per heavy atom. The summed E-state index contributed by atoms with van der Waals surface area (Å²) >= 11 is 1.62. The second kappa shape index (κ2) is 9.30. The van der Waals surface area contributed by atoms with E-state index in [9.17, 15) is 4.79 Å². The number of piperidine rings is 1. The summed E-state index contributed by atoms with van der Waals surface area (Å²) in [4.78, 5) is 25.4. The van der Waals surface area contributed by atoms with Crippen LogP contribution < -0.4 is 10.2 Å². The van der Waals surface area contributed by atoms with Crippen LogP contribution in [0.5, 0.6) is 0 Å². The van der Waals surface area contributed by atoms with Crippen molar-refractivity contribution in [3.63, 3.8) is 0 Å². The number of benzene rings is 2. The maximum absolute atomic E-state index is 12.9. The van der Waals surface area contributed by atoms with Gasteiger partial charge in [-0.2, -0.15) is 0 Å². The summed E-state index contributed by atoms with van der Waals surface area (Å²) in [6.07, 6.45) is 5.30. The number of rotatable bonds is 5. The standard InChI is InChI=1S/C24H26N4OS/c1-17-8-10-20(11-9-17)27-23(29)19-6-4-14-28(16-19)22-24(26-13-12-25-22)30-21-7-3-5-18(2)15-21/h3,5,7-13,15,19H,4,6,14,16H2,1-2H3,(H,27,29)/t19-/m1/s1. The summed E-state index contributed by atoms with van der Waals surface area (Å²) in [7, 11) is 0. The first-order valence-electron chi connectivity index (χ1n) is 10.3. The third-order valence-electron chi connectivity index (χ3n) is 5.26. The molecule has 30 heavy (non-hydrogen) atoms. The van der Waals surface area contributed by atoms with E-state index < -0.39 is 0 Å². The molecule has 0 unspecified atom stereocenters. The van der Waals surface area contributed by atoms with E-state index in [0.29, 0.717) is 6.54 Å². The number of carbonyl (C=O) groups excluding carboxylic acids is 1. The predicted octanol–water partition coefficient (Wildman–Crippen LogP) is 5.10. The predicted molar refractivity (Wildman–Crippen MR) is 122 cm³/mol. The molecule has 1 aromatic heterocycles. The molecular weight excluding hydrogens is 392 g/mol. The van der Waals surface area contributed by atoms with Gasteiger partial charge in [0.25, 0.3) is 0 Å². The van der Waals surface area contributed by atoms with E-state index >= 15 is 0 Å². The second-order valence-electron chi connectivity index (χ2n) is 7.74. The van der Waals surface area contributed by atoms with E-state index in [0.717, 1.165) is 40.8 Å². The molecule has 3 aromatic rings. The van der Waals surface area contributed by atoms with Crippen LogP contribution in [0.2, 0.25) is 0 Å². The first-order valence-corrected chi connectivity index (χ1v) is 11.1. The summed E-state index contributed by atoms with van der Waals surface area (Å²) < 4.78 is 0. The Morgan fingerprint density at radius 1 is 1.07 bits per heavy atom. The zero-order chi connectivity index (χ0) is 20.9. The molecule has 2 heterocycles. The van der Waals surface area contributed by atoms with Gasteiger partial charge in [0, 0.05) is 36.1 Å². The molecule has 1 saturated heterocycles. The molecule has 0 bridgehead atoms. The molecule has 1 N–H and O–H groups in total. The van der Waals surface area contributed by atoms with E-state index in [-0.39, 0.29) is 11.8 Å². The van der Waals surface area contributed by atoms with Gasteiger partial charge in [-0.3, -0.25) is 4.79 Å². The number of carbonyl (C=O) groups is 1. The van der Waals surface area contributed by atoms with E-state index in [2.05, 4.69) is 51.4 Å². The number of hydrogen-bond acceptors (Lipinski definition) is 5. The molecule has 2 aromatic carbocycles. The van der Waals surface area contributed by atoms with Gasteiger partial charge in [0.15, 0.2) is 5.82 Å². The lowest BCUT2D eigenvalue weighted by Gasteiger charge is -2.33. The minimum atomic E-state index is -0.0705. The molecule has 0 radical (unpaired) electrons. The van der Waals surface area contributed by atoms with Crippen molar-refractivity contribution in [2.45, 2.75) is 36.6 Å². The zero-order valence-electron chi connectivity index (χ0n) is 17.3. The number of nitrogens with one attached hydrogen (secondary N) is 1. The molecule has 5 nitrogen and oxygen atoms in total. The number of amides is 1. The van der Waals surface area contributed by atoms with Crippen LogP contribution in [0.25, 0.3) is 0 Å². The highest BCUT2D eigenvalue weighted by Crippen LogP contribution is 2.34. The Morgan fingerprint density at radius 2 is 1.87 bits per heavy atom. The lowest BCUT2D eigenvalue weighted by atomic mass is 9.97. The van der Waals surface area contributed by atoms with Crippen LogP contribution in [-0.4, -0.2) is 29.0 Å². The van der Waals surface area contributed by atoms with Gasteiger partial charge in [0.2, 0.25) is 5.91 Å². The van der Waals surface area contributed by atoms with Gasteiger partial charge in [-0.25, -0.2) is 9.97 Å². The minimum Gasteiger partial charge on any atom is -0.354 e. The highest BCUT2D eigenvalue weighted by Gasteiger charge is 2.28. The summed E-state index contributed by atoms with van der Waals surface area (Å²) in [5, 5.41) is 3.94. The molecule has 4 rings (SSSR count). The summed E-state index contributed by atoms with van der Waals surface area (Å²) in [6, 6.07) is 16.3. The lowest BCUT2D eigenvalue weighted by molar-refractivity contribution is -0.120. The van der Waals surface area contributed by atoms with Gasteiger partial charge in [0.1, 0.15) is 5.03 Å². The van der Waals surface area contributed by atoms with Crippen LogP contribution in [0.3, 0.4) is 0 Å². The molecule has 1 fully saturated rings. The molecule has 154 valence electrons. The molecule has 1 aliphatic rings. The topological polar surface area (TPSA) is 58.1 Å². The maximum atomic E-state index is 12.9. The van der Waals surface area contributed by atoms with Crippen molar-refractivity contribution < 1.29 is 4.79 Å². The van der Waals surface area contributed by atoms with E-state index in [4.69, 9.17) is 0 Å². The third-order valence-corrected chi connectivity index (χ3v) is 6.23. The number of aryl methyl sites for hydroxylation is 2. The first-order chi connectivity index (χ1) is 14.6. The molecule has 1 amide bonds. The van der Waals surface area contributed by atoms with Crippen LogP contribution in [0.15, 0.2) is 70.8 Å². The van der Waals surface area contributed by atoms with Gasteiger partial charge >= 0.3 is 0 Å². The quantitative estimate of drug-likeness (QED) is 0.625. The zero-order valence-corrected chi connectivity index (χ0v) is 18.2. The molecular formula is C24H26N4OS. The number of hydrogen-bond donors (Lipinski definition) is 1. The van der Waals surface area contributed by atoms with Crippen molar-refractivity contribution in [2.24, 2.45) is 5.92 Å². The Labute approximate surface area is 181 Å². The molecule has 0 aliphatic carbocycles. The van der Waals surface area contributed by atoms with Crippen LogP contribution in [0, 0.1) is 19.8 Å². The molecule has 0 spiro atoms. The van der Waals surface area contributed by atoms with Crippen LogP contribution in [-0.2, 0) is 4.79 Å². The molecule has 6 heteroatoms. The minimum absolute atomic E-state index is 0.0698. The third kappa shape index (κ3) is 5.00. The monoisotopic (exact) mass is 418 g/mol. The molecule has 0 saturated carbocycles. The summed E-state index contributed by atoms with van der Waals surface area (Å²) in [5.74, 6) is 0.857. The van der Waals surface area contributed by atoms with Gasteiger partial charge in [-0.15, -0.1) is 0 Å². The highest BCUT2D eigenvalue weighted by atomic mass is 32.2. The fourth-order valence-corrected chi connectivity index (χ4v) is 4.66. The van der Waals surface area contributed by atoms with Crippen molar-refractivity contribution in [1.29, 1.82) is 0 Å². The van der Waals surface area contributed by atoms with Gasteiger partial charge < -0.3 is 10.2 Å². The molecule has 1 aliphatic heterocycles. The van der Waals surface area contributed by atoms with Crippen LogP contribution in [0.4, 0.5) is 11.5 Å². The van der Waals surface area contributed by atoms with E-state index in [1.165, 1.54) is 11.1 Å². The van der Waals surface area contributed by atoms with E-state index in [1.54, 1.807) is 24.2 Å². The van der Waals surface area contributed by atoms with Crippen molar-refractivity contribution in [3.8, 4) is 0 Å². The summed E-state index contributed by atoms with van der Waals surface area (Å²) in [6.45, 7) is 5.66. The van der Waals surface area contributed by atoms with Gasteiger partial charge in [-0.1, -0.05) is 47.2 Å². The fraction of sp³-hybridized carbons (Fsp3) is 0.292. The maximum Gasteiger partial charge on any atom is 0.229 e. The highest BCUT2D eigenvalue weighted by molar-refractivity contribution is 7.99.